The lowest BCUT2D eigenvalue weighted by atomic mass is 10.2. The number of hydrogen-bond donors (Lipinski definition) is 0. The molecule has 0 atom stereocenters. The molecule has 1 aliphatic rings. The van der Waals surface area contributed by atoms with Crippen molar-refractivity contribution in [2.45, 2.75) is 32.4 Å². The average Bonchev–Trinajstić information content (AvgIpc) is 3.44. The summed E-state index contributed by atoms with van der Waals surface area (Å²) < 4.78 is 1.88. The maximum atomic E-state index is 12.6. The van der Waals surface area contributed by atoms with Crippen molar-refractivity contribution in [3.8, 4) is 0 Å². The van der Waals surface area contributed by atoms with Gasteiger partial charge in [0.1, 0.15) is 0 Å². The summed E-state index contributed by atoms with van der Waals surface area (Å²) in [6.45, 7) is 1.91. The summed E-state index contributed by atoms with van der Waals surface area (Å²) in [5, 5.41) is 6.95. The van der Waals surface area contributed by atoms with Gasteiger partial charge in [-0.25, -0.2) is 4.98 Å². The number of nitrogens with zero attached hydrogens (tertiary/aromatic N) is 5. The minimum atomic E-state index is -0.00888. The lowest BCUT2D eigenvalue weighted by molar-refractivity contribution is -0.129. The van der Waals surface area contributed by atoms with E-state index in [9.17, 15) is 9.59 Å². The Bertz CT molecular complexity index is 997. The van der Waals surface area contributed by atoms with Crippen LogP contribution in [0.1, 0.15) is 29.7 Å². The number of benzene rings is 1. The fourth-order valence-corrected chi connectivity index (χ4v) is 4.22. The van der Waals surface area contributed by atoms with Crippen LogP contribution in [-0.2, 0) is 29.1 Å². The number of thiazole rings is 1. The van der Waals surface area contributed by atoms with Gasteiger partial charge in [0.05, 0.1) is 24.9 Å². The lowest BCUT2D eigenvalue weighted by Crippen LogP contribution is -2.28. The average molecular weight is 410 g/mol. The van der Waals surface area contributed by atoms with Gasteiger partial charge in [0.25, 0.3) is 0 Å². The summed E-state index contributed by atoms with van der Waals surface area (Å²) in [5.74, 6) is 0.104. The van der Waals surface area contributed by atoms with E-state index in [4.69, 9.17) is 0 Å². The third-order valence-corrected chi connectivity index (χ3v) is 5.81. The molecule has 2 amide bonds. The Morgan fingerprint density at radius 2 is 2.07 bits per heavy atom. The highest BCUT2D eigenvalue weighted by Crippen LogP contribution is 2.25. The molecule has 0 N–H and O–H groups in total. The maximum absolute atomic E-state index is 12.6. The van der Waals surface area contributed by atoms with Crippen molar-refractivity contribution in [2.75, 3.05) is 18.5 Å². The van der Waals surface area contributed by atoms with Gasteiger partial charge in [0.2, 0.25) is 11.8 Å². The van der Waals surface area contributed by atoms with E-state index in [1.807, 2.05) is 34.5 Å². The Hall–Kier alpha value is -3.00. The predicted molar refractivity (Wildman–Crippen MR) is 112 cm³/mol. The van der Waals surface area contributed by atoms with Gasteiger partial charge in [0.15, 0.2) is 5.13 Å². The second-order valence-electron chi connectivity index (χ2n) is 7.23. The Morgan fingerprint density at radius 1 is 1.24 bits per heavy atom. The van der Waals surface area contributed by atoms with Gasteiger partial charge < -0.3 is 4.90 Å². The van der Waals surface area contributed by atoms with Crippen molar-refractivity contribution < 1.29 is 9.59 Å². The van der Waals surface area contributed by atoms with Crippen LogP contribution in [0.3, 0.4) is 0 Å². The molecule has 1 saturated heterocycles. The normalized spacial score (nSPS) is 13.8. The van der Waals surface area contributed by atoms with Crippen molar-refractivity contribution in [1.29, 1.82) is 0 Å². The molecule has 2 aromatic heterocycles. The third-order valence-electron chi connectivity index (χ3n) is 4.90. The van der Waals surface area contributed by atoms with E-state index in [-0.39, 0.29) is 18.2 Å². The number of amides is 2. The topological polar surface area (TPSA) is 71.3 Å². The molecule has 3 aromatic rings. The zero-order valence-electron chi connectivity index (χ0n) is 16.3. The predicted octanol–water partition coefficient (Wildman–Crippen LogP) is 2.72. The van der Waals surface area contributed by atoms with E-state index >= 15 is 0 Å². The van der Waals surface area contributed by atoms with E-state index in [1.165, 1.54) is 16.9 Å². The molecule has 1 fully saturated rings. The van der Waals surface area contributed by atoms with Gasteiger partial charge in [-0.1, -0.05) is 30.3 Å². The zero-order valence-corrected chi connectivity index (χ0v) is 17.1. The highest BCUT2D eigenvalue weighted by Gasteiger charge is 2.24. The van der Waals surface area contributed by atoms with Crippen LogP contribution in [0.5, 0.6) is 0 Å². The van der Waals surface area contributed by atoms with Crippen LogP contribution in [0.25, 0.3) is 0 Å². The summed E-state index contributed by atoms with van der Waals surface area (Å²) in [6, 6.07) is 10.1. The van der Waals surface area contributed by atoms with E-state index < -0.39 is 0 Å². The molecule has 29 heavy (non-hydrogen) atoms. The first-order chi connectivity index (χ1) is 14.1. The number of likely N-dealkylation sites (N-methyl/N-ethyl adjacent to an activating group) is 1. The summed E-state index contributed by atoms with van der Waals surface area (Å²) in [5.41, 5.74) is 2.88. The molecule has 0 unspecified atom stereocenters. The summed E-state index contributed by atoms with van der Waals surface area (Å²) in [4.78, 5) is 32.3. The van der Waals surface area contributed by atoms with Gasteiger partial charge in [-0.05, 0) is 12.0 Å². The number of hydrogen-bond acceptors (Lipinski definition) is 5. The number of rotatable bonds is 7. The molecular weight excluding hydrogens is 386 g/mol. The number of carbonyl (C=O) groups excluding carboxylic acids is 2. The molecule has 0 spiro atoms. The zero-order chi connectivity index (χ0) is 20.2. The van der Waals surface area contributed by atoms with Crippen LogP contribution in [0.4, 0.5) is 5.13 Å². The third kappa shape index (κ3) is 4.71. The Labute approximate surface area is 173 Å². The first-order valence-electron chi connectivity index (χ1n) is 9.62. The van der Waals surface area contributed by atoms with Crippen LogP contribution in [0.2, 0.25) is 0 Å². The van der Waals surface area contributed by atoms with Gasteiger partial charge in [0, 0.05) is 43.7 Å². The summed E-state index contributed by atoms with van der Waals surface area (Å²) in [7, 11) is 1.79. The van der Waals surface area contributed by atoms with Crippen LogP contribution in [0, 0.1) is 0 Å². The molecule has 4 rings (SSSR count). The minimum absolute atomic E-state index is 0.00888. The fraction of sp³-hybridized carbons (Fsp3) is 0.333. The summed E-state index contributed by atoms with van der Waals surface area (Å²) in [6.07, 6.45) is 5.44. The van der Waals surface area contributed by atoms with Crippen LogP contribution >= 0.6 is 11.3 Å². The van der Waals surface area contributed by atoms with Crippen molar-refractivity contribution >= 4 is 28.3 Å². The minimum Gasteiger partial charge on any atom is -0.341 e. The van der Waals surface area contributed by atoms with Crippen LogP contribution in [0.15, 0.2) is 48.1 Å². The van der Waals surface area contributed by atoms with Crippen molar-refractivity contribution in [3.05, 3.63) is 64.9 Å². The van der Waals surface area contributed by atoms with E-state index in [1.54, 1.807) is 23.0 Å². The molecule has 3 heterocycles. The molecule has 0 aliphatic carbocycles. The Balaban J connectivity index is 1.32. The number of anilines is 1. The summed E-state index contributed by atoms with van der Waals surface area (Å²) >= 11 is 1.42. The fourth-order valence-electron chi connectivity index (χ4n) is 3.35. The maximum Gasteiger partial charge on any atom is 0.228 e. The Kier molecular flexibility index (Phi) is 5.71. The van der Waals surface area contributed by atoms with Gasteiger partial charge in [-0.2, -0.15) is 5.10 Å². The monoisotopic (exact) mass is 409 g/mol. The first-order valence-corrected chi connectivity index (χ1v) is 10.5. The molecule has 0 radical (unpaired) electrons. The molecule has 1 aliphatic heterocycles. The Morgan fingerprint density at radius 3 is 2.83 bits per heavy atom. The first kappa shape index (κ1) is 19.3. The van der Waals surface area contributed by atoms with Gasteiger partial charge >= 0.3 is 0 Å². The molecule has 7 nitrogen and oxygen atoms in total. The number of carbonyl (C=O) groups is 2. The molecule has 150 valence electrons. The van der Waals surface area contributed by atoms with Gasteiger partial charge in [-0.15, -0.1) is 11.3 Å². The second-order valence-corrected chi connectivity index (χ2v) is 8.07. The molecule has 0 bridgehead atoms. The SMILES string of the molecule is CN(Cc1cnn(Cc2ccccc2)c1)C(=O)Cc1csc(N2CCCC2=O)n1. The van der Waals surface area contributed by atoms with Crippen LogP contribution in [-0.4, -0.2) is 45.1 Å². The second kappa shape index (κ2) is 8.57. The van der Waals surface area contributed by atoms with Crippen molar-refractivity contribution in [3.63, 3.8) is 0 Å². The smallest absolute Gasteiger partial charge is 0.228 e. The standard InChI is InChI=1S/C21H23N5O2S/c1-24(12-17-11-22-25(14-17)13-16-6-3-2-4-7-16)20(28)10-18-15-29-21(23-18)26-9-5-8-19(26)27/h2-4,6-7,11,14-15H,5,8-10,12-13H2,1H3. The molecule has 0 saturated carbocycles. The quantitative estimate of drug-likeness (QED) is 0.602. The van der Waals surface area contributed by atoms with Crippen LogP contribution < -0.4 is 4.90 Å². The van der Waals surface area contributed by atoms with Gasteiger partial charge in [-0.3, -0.25) is 19.2 Å². The van der Waals surface area contributed by atoms with Crippen molar-refractivity contribution in [2.24, 2.45) is 0 Å². The highest BCUT2D eigenvalue weighted by molar-refractivity contribution is 7.14. The van der Waals surface area contributed by atoms with E-state index in [2.05, 4.69) is 22.2 Å². The molecule has 8 heteroatoms. The largest absolute Gasteiger partial charge is 0.341 e. The van der Waals surface area contributed by atoms with E-state index in [0.29, 0.717) is 36.9 Å². The lowest BCUT2D eigenvalue weighted by Gasteiger charge is -2.15. The molecular formula is C21H23N5O2S. The highest BCUT2D eigenvalue weighted by atomic mass is 32.1. The number of aromatic nitrogens is 3. The van der Waals surface area contributed by atoms with E-state index in [0.717, 1.165) is 12.0 Å². The van der Waals surface area contributed by atoms with Crippen molar-refractivity contribution in [1.82, 2.24) is 19.7 Å². The molecule has 1 aromatic carbocycles.